The number of ketones is 1. The predicted molar refractivity (Wildman–Crippen MR) is 57.3 cm³/mol. The molecule has 1 aliphatic rings. The Kier molecular flexibility index (Phi) is 3.53. The highest BCUT2D eigenvalue weighted by atomic mass is 16.5. The Morgan fingerprint density at radius 3 is 2.53 bits per heavy atom. The number of ether oxygens (including phenoxy) is 1. The molecule has 2 atom stereocenters. The Bertz CT molecular complexity index is 268. The summed E-state index contributed by atoms with van der Waals surface area (Å²) in [5.74, 6) is 0.567. The molecule has 0 saturated heterocycles. The summed E-state index contributed by atoms with van der Waals surface area (Å²) in [5, 5.41) is 0. The van der Waals surface area contributed by atoms with Gasteiger partial charge in [-0.25, -0.2) is 0 Å². The SMILES string of the molecule is CC(=O)OCC[C@H]1CC(=O)[C@H](C)C1(C)C. The van der Waals surface area contributed by atoms with E-state index >= 15 is 0 Å². The van der Waals surface area contributed by atoms with Crippen LogP contribution >= 0.6 is 0 Å². The summed E-state index contributed by atoms with van der Waals surface area (Å²) < 4.78 is 4.92. The van der Waals surface area contributed by atoms with Crippen molar-refractivity contribution in [1.29, 1.82) is 0 Å². The lowest BCUT2D eigenvalue weighted by Gasteiger charge is -2.29. The lowest BCUT2D eigenvalue weighted by atomic mass is 9.75. The second-order valence-corrected chi connectivity index (χ2v) is 5.04. The van der Waals surface area contributed by atoms with Crippen LogP contribution in [0.25, 0.3) is 0 Å². The van der Waals surface area contributed by atoms with Gasteiger partial charge < -0.3 is 4.74 Å². The molecule has 1 rings (SSSR count). The minimum atomic E-state index is -0.245. The molecule has 0 aromatic carbocycles. The average molecular weight is 212 g/mol. The third-order valence-corrected chi connectivity index (χ3v) is 3.87. The molecular formula is C12H20O3. The smallest absolute Gasteiger partial charge is 0.302 e. The fourth-order valence-corrected chi connectivity index (χ4v) is 2.27. The molecule has 0 unspecified atom stereocenters. The lowest BCUT2D eigenvalue weighted by molar-refractivity contribution is -0.141. The molecule has 0 radical (unpaired) electrons. The largest absolute Gasteiger partial charge is 0.466 e. The molecule has 1 aliphatic carbocycles. The summed E-state index contributed by atoms with van der Waals surface area (Å²) in [7, 11) is 0. The maximum absolute atomic E-state index is 11.6. The third kappa shape index (κ3) is 2.58. The van der Waals surface area contributed by atoms with Crippen LogP contribution in [0.5, 0.6) is 0 Å². The highest BCUT2D eigenvalue weighted by molar-refractivity contribution is 5.84. The highest BCUT2D eigenvalue weighted by Crippen LogP contribution is 2.46. The number of carbonyl (C=O) groups is 2. The van der Waals surface area contributed by atoms with E-state index in [1.165, 1.54) is 6.92 Å². The minimum absolute atomic E-state index is 0.0389. The number of rotatable bonds is 3. The van der Waals surface area contributed by atoms with Gasteiger partial charge in [-0.1, -0.05) is 20.8 Å². The zero-order chi connectivity index (χ0) is 11.6. The maximum atomic E-state index is 11.6. The van der Waals surface area contributed by atoms with Gasteiger partial charge in [0.15, 0.2) is 0 Å². The lowest BCUT2D eigenvalue weighted by Crippen LogP contribution is -2.25. The molecule has 1 fully saturated rings. The zero-order valence-electron chi connectivity index (χ0n) is 10.0. The maximum Gasteiger partial charge on any atom is 0.302 e. The average Bonchev–Trinajstić information content (AvgIpc) is 2.30. The number of carbonyl (C=O) groups excluding carboxylic acids is 2. The predicted octanol–water partition coefficient (Wildman–Crippen LogP) is 2.19. The Morgan fingerprint density at radius 1 is 1.53 bits per heavy atom. The van der Waals surface area contributed by atoms with Crippen molar-refractivity contribution in [3.63, 3.8) is 0 Å². The molecule has 0 aromatic rings. The third-order valence-electron chi connectivity index (χ3n) is 3.87. The Balaban J connectivity index is 2.49. The molecule has 0 aromatic heterocycles. The molecule has 0 spiro atoms. The Hall–Kier alpha value is -0.860. The number of hydrogen-bond acceptors (Lipinski definition) is 3. The van der Waals surface area contributed by atoms with E-state index in [-0.39, 0.29) is 17.3 Å². The molecule has 0 N–H and O–H groups in total. The van der Waals surface area contributed by atoms with Crippen molar-refractivity contribution >= 4 is 11.8 Å². The molecular weight excluding hydrogens is 192 g/mol. The normalized spacial score (nSPS) is 29.2. The van der Waals surface area contributed by atoms with Crippen LogP contribution in [-0.2, 0) is 14.3 Å². The first-order valence-electron chi connectivity index (χ1n) is 5.51. The summed E-state index contributed by atoms with van der Waals surface area (Å²) in [4.78, 5) is 22.2. The van der Waals surface area contributed by atoms with Crippen molar-refractivity contribution in [1.82, 2.24) is 0 Å². The molecule has 0 heterocycles. The van der Waals surface area contributed by atoms with Crippen LogP contribution < -0.4 is 0 Å². The van der Waals surface area contributed by atoms with Crippen molar-refractivity contribution in [3.05, 3.63) is 0 Å². The van der Waals surface area contributed by atoms with Crippen molar-refractivity contribution in [2.24, 2.45) is 17.3 Å². The van der Waals surface area contributed by atoms with E-state index in [0.29, 0.717) is 24.7 Å². The van der Waals surface area contributed by atoms with E-state index in [1.807, 2.05) is 6.92 Å². The van der Waals surface area contributed by atoms with Crippen LogP contribution in [-0.4, -0.2) is 18.4 Å². The van der Waals surface area contributed by atoms with Gasteiger partial charge >= 0.3 is 5.97 Å². The first-order valence-corrected chi connectivity index (χ1v) is 5.51. The van der Waals surface area contributed by atoms with Gasteiger partial charge in [-0.3, -0.25) is 9.59 Å². The van der Waals surface area contributed by atoms with Gasteiger partial charge in [0.2, 0.25) is 0 Å². The summed E-state index contributed by atoms with van der Waals surface area (Å²) in [5.41, 5.74) is 0.0389. The van der Waals surface area contributed by atoms with E-state index in [9.17, 15) is 9.59 Å². The fraction of sp³-hybridized carbons (Fsp3) is 0.833. The molecule has 3 heteroatoms. The van der Waals surface area contributed by atoms with Gasteiger partial charge in [0.1, 0.15) is 5.78 Å². The van der Waals surface area contributed by atoms with Crippen LogP contribution in [0, 0.1) is 17.3 Å². The second-order valence-electron chi connectivity index (χ2n) is 5.04. The molecule has 3 nitrogen and oxygen atoms in total. The quantitative estimate of drug-likeness (QED) is 0.673. The van der Waals surface area contributed by atoms with Crippen molar-refractivity contribution in [3.8, 4) is 0 Å². The van der Waals surface area contributed by atoms with E-state index in [2.05, 4.69) is 13.8 Å². The molecule has 15 heavy (non-hydrogen) atoms. The molecule has 1 saturated carbocycles. The second kappa shape index (κ2) is 4.33. The fourth-order valence-electron chi connectivity index (χ4n) is 2.27. The van der Waals surface area contributed by atoms with E-state index in [4.69, 9.17) is 4.74 Å². The van der Waals surface area contributed by atoms with Crippen LogP contribution in [0.15, 0.2) is 0 Å². The van der Waals surface area contributed by atoms with Crippen LogP contribution in [0.2, 0.25) is 0 Å². The van der Waals surface area contributed by atoms with Gasteiger partial charge in [-0.05, 0) is 17.8 Å². The molecule has 0 amide bonds. The number of hydrogen-bond donors (Lipinski definition) is 0. The van der Waals surface area contributed by atoms with E-state index in [1.54, 1.807) is 0 Å². The molecule has 86 valence electrons. The van der Waals surface area contributed by atoms with Crippen molar-refractivity contribution < 1.29 is 14.3 Å². The summed E-state index contributed by atoms with van der Waals surface area (Å²) in [6.07, 6.45) is 1.43. The topological polar surface area (TPSA) is 43.4 Å². The highest BCUT2D eigenvalue weighted by Gasteiger charge is 2.45. The van der Waals surface area contributed by atoms with Gasteiger partial charge in [0.25, 0.3) is 0 Å². The Morgan fingerprint density at radius 2 is 2.13 bits per heavy atom. The first-order chi connectivity index (χ1) is 6.85. The number of esters is 1. The van der Waals surface area contributed by atoms with E-state index in [0.717, 1.165) is 6.42 Å². The molecule has 0 bridgehead atoms. The summed E-state index contributed by atoms with van der Waals surface area (Å²) in [6, 6.07) is 0. The Labute approximate surface area is 91.2 Å². The van der Waals surface area contributed by atoms with Gasteiger partial charge in [-0.15, -0.1) is 0 Å². The van der Waals surface area contributed by atoms with Gasteiger partial charge in [0.05, 0.1) is 6.61 Å². The standard InChI is InChI=1S/C12H20O3/c1-8-11(14)7-10(12(8,3)4)5-6-15-9(2)13/h8,10H,5-7H2,1-4H3/t8-,10-/m0/s1. The zero-order valence-corrected chi connectivity index (χ0v) is 10.0. The van der Waals surface area contributed by atoms with Crippen LogP contribution in [0.1, 0.15) is 40.5 Å². The van der Waals surface area contributed by atoms with Crippen LogP contribution in [0.4, 0.5) is 0 Å². The van der Waals surface area contributed by atoms with Crippen molar-refractivity contribution in [2.45, 2.75) is 40.5 Å². The first kappa shape index (κ1) is 12.2. The summed E-state index contributed by atoms with van der Waals surface area (Å²) >= 11 is 0. The van der Waals surface area contributed by atoms with Crippen molar-refractivity contribution in [2.75, 3.05) is 6.61 Å². The van der Waals surface area contributed by atoms with Gasteiger partial charge in [-0.2, -0.15) is 0 Å². The van der Waals surface area contributed by atoms with Gasteiger partial charge in [0, 0.05) is 19.3 Å². The summed E-state index contributed by atoms with van der Waals surface area (Å²) in [6.45, 7) is 8.09. The van der Waals surface area contributed by atoms with Crippen LogP contribution in [0.3, 0.4) is 0 Å². The molecule has 0 aliphatic heterocycles. The van der Waals surface area contributed by atoms with E-state index < -0.39 is 0 Å². The number of Topliss-reactive ketones (excluding diaryl/α,β-unsaturated/α-hetero) is 1. The minimum Gasteiger partial charge on any atom is -0.466 e. The monoisotopic (exact) mass is 212 g/mol.